The van der Waals surface area contributed by atoms with Gasteiger partial charge in [0.05, 0.1) is 0 Å². The predicted molar refractivity (Wildman–Crippen MR) is 67.2 cm³/mol. The summed E-state index contributed by atoms with van der Waals surface area (Å²) in [4.78, 5) is 0. The molecule has 1 N–H and O–H groups in total. The Morgan fingerprint density at radius 2 is 1.88 bits per heavy atom. The smallest absolute Gasteiger partial charge is 0.162 e. The SMILES string of the molecule is CCCNCCC(C)(C)c1cccc(F)c1F. The Kier molecular flexibility index (Phi) is 5.06. The summed E-state index contributed by atoms with van der Waals surface area (Å²) in [5.41, 5.74) is 0.100. The van der Waals surface area contributed by atoms with E-state index < -0.39 is 11.6 Å². The zero-order valence-electron chi connectivity index (χ0n) is 10.8. The lowest BCUT2D eigenvalue weighted by Gasteiger charge is -2.26. The van der Waals surface area contributed by atoms with Gasteiger partial charge in [0.2, 0.25) is 0 Å². The maximum atomic E-state index is 13.7. The van der Waals surface area contributed by atoms with Gasteiger partial charge in [0.1, 0.15) is 0 Å². The molecule has 0 saturated carbocycles. The molecule has 0 heterocycles. The molecule has 96 valence electrons. The Balaban J connectivity index is 2.71. The molecular formula is C14H21F2N. The first-order valence-corrected chi connectivity index (χ1v) is 6.14. The molecule has 0 atom stereocenters. The average Bonchev–Trinajstić information content (AvgIpc) is 2.28. The van der Waals surface area contributed by atoms with Crippen LogP contribution in [-0.4, -0.2) is 13.1 Å². The standard InChI is InChI=1S/C14H21F2N/c1-4-9-17-10-8-14(2,3)11-6-5-7-12(15)13(11)16/h5-7,17H,4,8-10H2,1-3H3. The molecule has 0 fully saturated rings. The van der Waals surface area contributed by atoms with Gasteiger partial charge in [0, 0.05) is 0 Å². The van der Waals surface area contributed by atoms with Crippen molar-refractivity contribution in [3.63, 3.8) is 0 Å². The van der Waals surface area contributed by atoms with Gasteiger partial charge in [-0.15, -0.1) is 0 Å². The molecule has 17 heavy (non-hydrogen) atoms. The molecular weight excluding hydrogens is 220 g/mol. The van der Waals surface area contributed by atoms with E-state index >= 15 is 0 Å². The summed E-state index contributed by atoms with van der Waals surface area (Å²) >= 11 is 0. The highest BCUT2D eigenvalue weighted by Crippen LogP contribution is 2.29. The molecule has 0 amide bonds. The topological polar surface area (TPSA) is 12.0 Å². The van der Waals surface area contributed by atoms with E-state index in [1.807, 2.05) is 13.8 Å². The minimum absolute atomic E-state index is 0.354. The fourth-order valence-electron chi connectivity index (χ4n) is 1.86. The lowest BCUT2D eigenvalue weighted by atomic mass is 9.81. The van der Waals surface area contributed by atoms with E-state index in [0.717, 1.165) is 32.0 Å². The summed E-state index contributed by atoms with van der Waals surface area (Å²) in [6, 6.07) is 4.39. The van der Waals surface area contributed by atoms with Crippen molar-refractivity contribution in [3.05, 3.63) is 35.4 Å². The van der Waals surface area contributed by atoms with E-state index in [1.165, 1.54) is 0 Å². The van der Waals surface area contributed by atoms with Crippen molar-refractivity contribution in [2.45, 2.75) is 39.0 Å². The quantitative estimate of drug-likeness (QED) is 0.750. The Bertz CT molecular complexity index is 361. The number of hydrogen-bond donors (Lipinski definition) is 1. The van der Waals surface area contributed by atoms with E-state index in [9.17, 15) is 8.78 Å². The van der Waals surface area contributed by atoms with E-state index in [0.29, 0.717) is 5.56 Å². The average molecular weight is 241 g/mol. The van der Waals surface area contributed by atoms with Gasteiger partial charge in [-0.1, -0.05) is 32.9 Å². The number of benzene rings is 1. The van der Waals surface area contributed by atoms with E-state index in [4.69, 9.17) is 0 Å². The Morgan fingerprint density at radius 1 is 1.18 bits per heavy atom. The van der Waals surface area contributed by atoms with Crippen molar-refractivity contribution < 1.29 is 8.78 Å². The zero-order valence-corrected chi connectivity index (χ0v) is 10.8. The third kappa shape index (κ3) is 3.77. The molecule has 3 heteroatoms. The van der Waals surface area contributed by atoms with Crippen molar-refractivity contribution in [2.75, 3.05) is 13.1 Å². The molecule has 0 aliphatic heterocycles. The Labute approximate surface area is 102 Å². The Morgan fingerprint density at radius 3 is 2.53 bits per heavy atom. The summed E-state index contributed by atoms with van der Waals surface area (Å²) in [6.45, 7) is 7.76. The lowest BCUT2D eigenvalue weighted by molar-refractivity contribution is 0.416. The predicted octanol–water partition coefficient (Wildman–Crippen LogP) is 3.63. The summed E-state index contributed by atoms with van der Waals surface area (Å²) in [5, 5.41) is 3.28. The van der Waals surface area contributed by atoms with Crippen molar-refractivity contribution in [1.29, 1.82) is 0 Å². The summed E-state index contributed by atoms with van der Waals surface area (Å²) in [7, 11) is 0. The molecule has 0 aromatic heterocycles. The maximum absolute atomic E-state index is 13.7. The minimum Gasteiger partial charge on any atom is -0.317 e. The highest BCUT2D eigenvalue weighted by atomic mass is 19.2. The fourth-order valence-corrected chi connectivity index (χ4v) is 1.86. The molecule has 0 saturated heterocycles. The number of rotatable bonds is 6. The highest BCUT2D eigenvalue weighted by molar-refractivity contribution is 5.26. The largest absolute Gasteiger partial charge is 0.317 e. The molecule has 0 bridgehead atoms. The van der Waals surface area contributed by atoms with Crippen LogP contribution in [0.4, 0.5) is 8.78 Å². The van der Waals surface area contributed by atoms with Crippen molar-refractivity contribution >= 4 is 0 Å². The number of hydrogen-bond acceptors (Lipinski definition) is 1. The summed E-state index contributed by atoms with van der Waals surface area (Å²) < 4.78 is 26.8. The van der Waals surface area contributed by atoms with Crippen LogP contribution < -0.4 is 5.32 Å². The fraction of sp³-hybridized carbons (Fsp3) is 0.571. The van der Waals surface area contributed by atoms with Gasteiger partial charge >= 0.3 is 0 Å². The summed E-state index contributed by atoms with van der Waals surface area (Å²) in [6.07, 6.45) is 1.86. The van der Waals surface area contributed by atoms with Crippen LogP contribution in [-0.2, 0) is 5.41 Å². The number of halogens is 2. The van der Waals surface area contributed by atoms with E-state index in [1.54, 1.807) is 12.1 Å². The van der Waals surface area contributed by atoms with Gasteiger partial charge in [0.25, 0.3) is 0 Å². The van der Waals surface area contributed by atoms with Crippen LogP contribution in [0.3, 0.4) is 0 Å². The molecule has 0 spiro atoms. The highest BCUT2D eigenvalue weighted by Gasteiger charge is 2.25. The third-order valence-electron chi connectivity index (χ3n) is 3.03. The van der Waals surface area contributed by atoms with E-state index in [-0.39, 0.29) is 5.41 Å². The molecule has 0 aliphatic rings. The molecule has 0 radical (unpaired) electrons. The molecule has 0 unspecified atom stereocenters. The van der Waals surface area contributed by atoms with Gasteiger partial charge in [-0.05, 0) is 43.0 Å². The first-order valence-electron chi connectivity index (χ1n) is 6.14. The lowest BCUT2D eigenvalue weighted by Crippen LogP contribution is -2.27. The first kappa shape index (κ1) is 14.1. The Hall–Kier alpha value is -0.960. The van der Waals surface area contributed by atoms with E-state index in [2.05, 4.69) is 12.2 Å². The first-order chi connectivity index (χ1) is 7.99. The molecule has 0 aliphatic carbocycles. The molecule has 1 aromatic carbocycles. The van der Waals surface area contributed by atoms with Gasteiger partial charge < -0.3 is 5.32 Å². The van der Waals surface area contributed by atoms with Crippen molar-refractivity contribution in [2.24, 2.45) is 0 Å². The van der Waals surface area contributed by atoms with Gasteiger partial charge in [0.15, 0.2) is 11.6 Å². The monoisotopic (exact) mass is 241 g/mol. The van der Waals surface area contributed by atoms with Crippen LogP contribution in [0, 0.1) is 11.6 Å². The third-order valence-corrected chi connectivity index (χ3v) is 3.03. The van der Waals surface area contributed by atoms with Crippen LogP contribution in [0.1, 0.15) is 39.2 Å². The second-order valence-electron chi connectivity index (χ2n) is 4.99. The van der Waals surface area contributed by atoms with Gasteiger partial charge in [-0.25, -0.2) is 8.78 Å². The van der Waals surface area contributed by atoms with Crippen molar-refractivity contribution in [3.8, 4) is 0 Å². The maximum Gasteiger partial charge on any atom is 0.162 e. The van der Waals surface area contributed by atoms with Crippen LogP contribution >= 0.6 is 0 Å². The normalized spacial score (nSPS) is 11.8. The van der Waals surface area contributed by atoms with Crippen LogP contribution in [0.25, 0.3) is 0 Å². The zero-order chi connectivity index (χ0) is 12.9. The van der Waals surface area contributed by atoms with Crippen LogP contribution in [0.5, 0.6) is 0 Å². The van der Waals surface area contributed by atoms with Gasteiger partial charge in [-0.3, -0.25) is 0 Å². The number of nitrogens with one attached hydrogen (secondary N) is 1. The molecule has 1 aromatic rings. The molecule has 1 nitrogen and oxygen atoms in total. The van der Waals surface area contributed by atoms with Gasteiger partial charge in [-0.2, -0.15) is 0 Å². The van der Waals surface area contributed by atoms with Crippen molar-refractivity contribution in [1.82, 2.24) is 5.32 Å². The second kappa shape index (κ2) is 6.10. The minimum atomic E-state index is -0.767. The summed E-state index contributed by atoms with van der Waals surface area (Å²) in [5.74, 6) is -1.48. The molecule has 1 rings (SSSR count). The van der Waals surface area contributed by atoms with Crippen LogP contribution in [0.15, 0.2) is 18.2 Å². The second-order valence-corrected chi connectivity index (χ2v) is 4.99. The van der Waals surface area contributed by atoms with Crippen LogP contribution in [0.2, 0.25) is 0 Å².